The molecule has 1 aromatic carbocycles. The summed E-state index contributed by atoms with van der Waals surface area (Å²) in [6.45, 7) is 3.03. The van der Waals surface area contributed by atoms with E-state index in [9.17, 15) is 4.39 Å². The van der Waals surface area contributed by atoms with Crippen molar-refractivity contribution in [3.8, 4) is 0 Å². The second-order valence-electron chi connectivity index (χ2n) is 4.22. The molecule has 1 aromatic rings. The van der Waals surface area contributed by atoms with Crippen molar-refractivity contribution in [2.24, 2.45) is 0 Å². The van der Waals surface area contributed by atoms with E-state index in [-0.39, 0.29) is 5.82 Å². The van der Waals surface area contributed by atoms with Crippen LogP contribution in [-0.2, 0) is 6.42 Å². The van der Waals surface area contributed by atoms with Gasteiger partial charge in [-0.2, -0.15) is 0 Å². The van der Waals surface area contributed by atoms with Gasteiger partial charge in [0.25, 0.3) is 0 Å². The molecule has 1 aliphatic rings. The molecule has 0 aliphatic carbocycles. The van der Waals surface area contributed by atoms with E-state index < -0.39 is 0 Å². The Morgan fingerprint density at radius 3 is 3.00 bits per heavy atom. The van der Waals surface area contributed by atoms with Crippen LogP contribution < -0.4 is 5.32 Å². The van der Waals surface area contributed by atoms with Crippen molar-refractivity contribution in [2.45, 2.75) is 32.2 Å². The number of halogens is 2. The summed E-state index contributed by atoms with van der Waals surface area (Å²) in [5, 5.41) is 3.43. The van der Waals surface area contributed by atoms with Gasteiger partial charge in [-0.05, 0) is 65.9 Å². The molecule has 1 atom stereocenters. The molecule has 82 valence electrons. The molecule has 2 rings (SSSR count). The van der Waals surface area contributed by atoms with E-state index in [0.29, 0.717) is 10.5 Å². The Morgan fingerprint density at radius 1 is 1.53 bits per heavy atom. The number of aryl methyl sites for hydroxylation is 1. The average molecular weight is 272 g/mol. The fourth-order valence-corrected chi connectivity index (χ4v) is 2.53. The van der Waals surface area contributed by atoms with Crippen molar-refractivity contribution in [1.82, 2.24) is 5.32 Å². The van der Waals surface area contributed by atoms with Crippen LogP contribution in [0.1, 0.15) is 24.0 Å². The highest BCUT2D eigenvalue weighted by molar-refractivity contribution is 9.10. The van der Waals surface area contributed by atoms with Crippen molar-refractivity contribution in [3.63, 3.8) is 0 Å². The first-order chi connectivity index (χ1) is 7.16. The average Bonchev–Trinajstić information content (AvgIpc) is 2.66. The van der Waals surface area contributed by atoms with Crippen LogP contribution in [0.15, 0.2) is 16.6 Å². The van der Waals surface area contributed by atoms with Crippen LogP contribution in [0.25, 0.3) is 0 Å². The largest absolute Gasteiger partial charge is 0.314 e. The number of nitrogens with one attached hydrogen (secondary N) is 1. The summed E-state index contributed by atoms with van der Waals surface area (Å²) in [6.07, 6.45) is 3.35. The zero-order valence-electron chi connectivity index (χ0n) is 8.82. The molecule has 0 radical (unpaired) electrons. The van der Waals surface area contributed by atoms with E-state index in [2.05, 4.69) is 27.3 Å². The summed E-state index contributed by atoms with van der Waals surface area (Å²) >= 11 is 3.32. The molecule has 1 N–H and O–H groups in total. The highest BCUT2D eigenvalue weighted by Gasteiger charge is 2.17. The molecule has 1 heterocycles. The maximum Gasteiger partial charge on any atom is 0.137 e. The lowest BCUT2D eigenvalue weighted by molar-refractivity contribution is 0.587. The van der Waals surface area contributed by atoms with Crippen LogP contribution in [-0.4, -0.2) is 12.6 Å². The minimum absolute atomic E-state index is 0.150. The molecule has 1 unspecified atom stereocenters. The van der Waals surface area contributed by atoms with Crippen LogP contribution in [0.4, 0.5) is 4.39 Å². The van der Waals surface area contributed by atoms with Crippen molar-refractivity contribution >= 4 is 15.9 Å². The Balaban J connectivity index is 2.19. The predicted octanol–water partition coefficient (Wildman–Crippen LogP) is 3.19. The Hall–Kier alpha value is -0.410. The van der Waals surface area contributed by atoms with Gasteiger partial charge in [0.1, 0.15) is 5.82 Å². The summed E-state index contributed by atoms with van der Waals surface area (Å²) in [4.78, 5) is 0. The lowest BCUT2D eigenvalue weighted by Gasteiger charge is -2.12. The highest BCUT2D eigenvalue weighted by atomic mass is 79.9. The molecule has 1 saturated heterocycles. The Bertz CT molecular complexity index is 359. The number of benzene rings is 1. The van der Waals surface area contributed by atoms with Gasteiger partial charge in [-0.15, -0.1) is 0 Å². The second kappa shape index (κ2) is 4.62. The molecule has 15 heavy (non-hydrogen) atoms. The third kappa shape index (κ3) is 2.58. The van der Waals surface area contributed by atoms with Gasteiger partial charge in [0.15, 0.2) is 0 Å². The first-order valence-corrected chi connectivity index (χ1v) is 6.14. The van der Waals surface area contributed by atoms with Crippen LogP contribution >= 0.6 is 15.9 Å². The summed E-state index contributed by atoms with van der Waals surface area (Å²) in [7, 11) is 0. The van der Waals surface area contributed by atoms with Gasteiger partial charge in [0.2, 0.25) is 0 Å². The van der Waals surface area contributed by atoms with Crippen molar-refractivity contribution in [1.29, 1.82) is 0 Å². The number of hydrogen-bond acceptors (Lipinski definition) is 1. The van der Waals surface area contributed by atoms with E-state index in [1.54, 1.807) is 6.07 Å². The quantitative estimate of drug-likeness (QED) is 0.871. The summed E-state index contributed by atoms with van der Waals surface area (Å²) in [5.41, 5.74) is 2.07. The zero-order chi connectivity index (χ0) is 10.8. The van der Waals surface area contributed by atoms with Gasteiger partial charge in [-0.3, -0.25) is 0 Å². The first kappa shape index (κ1) is 11.1. The van der Waals surface area contributed by atoms with E-state index in [1.807, 2.05) is 6.92 Å². The van der Waals surface area contributed by atoms with Crippen LogP contribution in [0.2, 0.25) is 0 Å². The van der Waals surface area contributed by atoms with Gasteiger partial charge in [0, 0.05) is 6.04 Å². The van der Waals surface area contributed by atoms with Gasteiger partial charge >= 0.3 is 0 Å². The number of hydrogen-bond donors (Lipinski definition) is 1. The molecule has 3 heteroatoms. The molecule has 0 amide bonds. The lowest BCUT2D eigenvalue weighted by Crippen LogP contribution is -2.23. The highest BCUT2D eigenvalue weighted by Crippen LogP contribution is 2.25. The SMILES string of the molecule is Cc1cc(F)c(Br)c(CC2CCCN2)c1. The monoisotopic (exact) mass is 271 g/mol. The fraction of sp³-hybridized carbons (Fsp3) is 0.500. The smallest absolute Gasteiger partial charge is 0.137 e. The fourth-order valence-electron chi connectivity index (χ4n) is 2.14. The van der Waals surface area contributed by atoms with Crippen molar-refractivity contribution in [3.05, 3.63) is 33.5 Å². The Labute approximate surface area is 98.2 Å². The minimum Gasteiger partial charge on any atom is -0.314 e. The number of rotatable bonds is 2. The third-order valence-electron chi connectivity index (χ3n) is 2.88. The molecule has 0 bridgehead atoms. The molecule has 1 aliphatic heterocycles. The first-order valence-electron chi connectivity index (χ1n) is 5.34. The van der Waals surface area contributed by atoms with E-state index in [0.717, 1.165) is 24.1 Å². The topological polar surface area (TPSA) is 12.0 Å². The normalized spacial score (nSPS) is 20.9. The van der Waals surface area contributed by atoms with Gasteiger partial charge < -0.3 is 5.32 Å². The molecule has 0 saturated carbocycles. The van der Waals surface area contributed by atoms with E-state index in [4.69, 9.17) is 0 Å². The maximum atomic E-state index is 13.4. The zero-order valence-corrected chi connectivity index (χ0v) is 10.4. The maximum absolute atomic E-state index is 13.4. The Morgan fingerprint density at radius 2 is 2.33 bits per heavy atom. The molecule has 1 fully saturated rings. The summed E-state index contributed by atoms with van der Waals surface area (Å²) in [6, 6.07) is 4.14. The van der Waals surface area contributed by atoms with Crippen molar-refractivity contribution in [2.75, 3.05) is 6.54 Å². The lowest BCUT2D eigenvalue weighted by atomic mass is 10.0. The molecule has 1 nitrogen and oxygen atoms in total. The standard InChI is InChI=1S/C12H15BrFN/c1-8-5-9(12(13)11(14)6-8)7-10-3-2-4-15-10/h5-6,10,15H,2-4,7H2,1H3. The molecule has 0 aromatic heterocycles. The summed E-state index contributed by atoms with van der Waals surface area (Å²) < 4.78 is 14.1. The van der Waals surface area contributed by atoms with Gasteiger partial charge in [0.05, 0.1) is 4.47 Å². The van der Waals surface area contributed by atoms with E-state index in [1.165, 1.54) is 12.8 Å². The molecular weight excluding hydrogens is 257 g/mol. The van der Waals surface area contributed by atoms with Gasteiger partial charge in [-0.1, -0.05) is 6.07 Å². The second-order valence-corrected chi connectivity index (χ2v) is 5.01. The van der Waals surface area contributed by atoms with Crippen LogP contribution in [0, 0.1) is 12.7 Å². The third-order valence-corrected chi connectivity index (χ3v) is 3.76. The molecular formula is C12H15BrFN. The van der Waals surface area contributed by atoms with E-state index >= 15 is 0 Å². The predicted molar refractivity (Wildman–Crippen MR) is 63.6 cm³/mol. The van der Waals surface area contributed by atoms with Crippen molar-refractivity contribution < 1.29 is 4.39 Å². The Kier molecular flexibility index (Phi) is 3.42. The molecule has 0 spiro atoms. The van der Waals surface area contributed by atoms with Gasteiger partial charge in [-0.25, -0.2) is 4.39 Å². The van der Waals surface area contributed by atoms with Crippen LogP contribution in [0.5, 0.6) is 0 Å². The minimum atomic E-state index is -0.150. The summed E-state index contributed by atoms with van der Waals surface area (Å²) in [5.74, 6) is -0.150. The van der Waals surface area contributed by atoms with Crippen LogP contribution in [0.3, 0.4) is 0 Å².